The van der Waals surface area contributed by atoms with Crippen molar-refractivity contribution in [1.29, 1.82) is 0 Å². The molecule has 6 rings (SSSR count). The van der Waals surface area contributed by atoms with Crippen LogP contribution < -0.4 is 19.1 Å². The van der Waals surface area contributed by atoms with Crippen LogP contribution in [0, 0.1) is 6.92 Å². The number of ketones is 1. The maximum atomic E-state index is 13.8. The Hall–Kier alpha value is -5.74. The Kier molecular flexibility index (Phi) is 12.9. The van der Waals surface area contributed by atoms with E-state index in [-0.39, 0.29) is 68.1 Å². The molecule has 0 aromatic heterocycles. The van der Waals surface area contributed by atoms with E-state index in [2.05, 4.69) is 18.2 Å². The number of aliphatic imine (C=N–C) groups is 1. The summed E-state index contributed by atoms with van der Waals surface area (Å²) < 4.78 is 28.2. The zero-order valence-corrected chi connectivity index (χ0v) is 32.2. The van der Waals surface area contributed by atoms with Crippen molar-refractivity contribution in [1.82, 2.24) is 9.80 Å². The van der Waals surface area contributed by atoms with Crippen molar-refractivity contribution in [2.45, 2.75) is 70.2 Å². The largest absolute Gasteiger partial charge is 0.493 e. The maximum absolute atomic E-state index is 13.8. The summed E-state index contributed by atoms with van der Waals surface area (Å²) in [7, 11) is 1.52. The Labute approximate surface area is 330 Å². The van der Waals surface area contributed by atoms with Crippen LogP contribution in [-0.2, 0) is 19.1 Å². The number of benzene rings is 2. The van der Waals surface area contributed by atoms with Crippen LogP contribution in [0.15, 0.2) is 53.6 Å². The number of aliphatic carboxylic acids is 1. The summed E-state index contributed by atoms with van der Waals surface area (Å²) in [6, 6.07) is 5.64. The van der Waals surface area contributed by atoms with Crippen molar-refractivity contribution in [2.75, 3.05) is 58.1 Å². The van der Waals surface area contributed by atoms with Crippen LogP contribution in [0.4, 0.5) is 16.2 Å². The molecule has 16 heteroatoms. The first-order valence-electron chi connectivity index (χ1n) is 18.9. The normalized spacial score (nSPS) is 19.7. The van der Waals surface area contributed by atoms with Gasteiger partial charge in [-0.05, 0) is 56.7 Å². The van der Waals surface area contributed by atoms with Gasteiger partial charge in [0.1, 0.15) is 5.75 Å². The van der Waals surface area contributed by atoms with Crippen LogP contribution in [0.1, 0.15) is 71.2 Å². The minimum Gasteiger partial charge on any atom is -0.493 e. The number of carbonyl (C=O) groups excluding carboxylic acids is 4. The molecular weight excluding hydrogens is 740 g/mol. The Balaban J connectivity index is 1.05. The summed E-state index contributed by atoms with van der Waals surface area (Å²) in [6.45, 7) is 10.5. The van der Waals surface area contributed by atoms with Crippen molar-refractivity contribution in [3.05, 3.63) is 65.3 Å². The predicted molar refractivity (Wildman–Crippen MR) is 207 cm³/mol. The fraction of sp³-hybridized carbons (Fsp3) is 0.463. The van der Waals surface area contributed by atoms with E-state index in [1.807, 2.05) is 0 Å². The molecule has 4 heterocycles. The lowest BCUT2D eigenvalue weighted by Crippen LogP contribution is -2.51. The third kappa shape index (κ3) is 9.29. The lowest BCUT2D eigenvalue weighted by molar-refractivity contribution is -0.138. The van der Waals surface area contributed by atoms with E-state index in [4.69, 9.17) is 28.8 Å². The van der Waals surface area contributed by atoms with Gasteiger partial charge in [-0.15, -0.1) is 0 Å². The van der Waals surface area contributed by atoms with Crippen LogP contribution in [0.3, 0.4) is 0 Å². The van der Waals surface area contributed by atoms with Gasteiger partial charge in [0.15, 0.2) is 30.1 Å². The van der Waals surface area contributed by atoms with Crippen LogP contribution in [0.2, 0.25) is 0 Å². The number of carboxylic acids is 1. The fourth-order valence-electron chi connectivity index (χ4n) is 7.28. The molecule has 304 valence electrons. The van der Waals surface area contributed by atoms with Gasteiger partial charge in [0.2, 0.25) is 0 Å². The number of carbonyl (C=O) groups is 5. The van der Waals surface area contributed by atoms with Gasteiger partial charge in [-0.1, -0.05) is 24.3 Å². The molecule has 4 aliphatic heterocycles. The molecule has 0 bridgehead atoms. The van der Waals surface area contributed by atoms with E-state index in [0.717, 1.165) is 22.5 Å². The number of fused-ring (bicyclic) bond motifs is 4. The lowest BCUT2D eigenvalue weighted by Gasteiger charge is -2.31. The second-order valence-corrected chi connectivity index (χ2v) is 14.5. The van der Waals surface area contributed by atoms with Gasteiger partial charge in [0.25, 0.3) is 11.8 Å². The molecule has 0 saturated carbocycles. The van der Waals surface area contributed by atoms with Gasteiger partial charge in [-0.3, -0.25) is 24.2 Å². The smallest absolute Gasteiger partial charge is 0.416 e. The molecule has 2 fully saturated rings. The minimum atomic E-state index is -1.50. The number of methoxy groups -OCH3 is 1. The number of Topliss-reactive ketones (excluding diaryl/α,β-unsaturated/α-hetero) is 1. The molecule has 2 N–H and O–H groups in total. The Morgan fingerprint density at radius 2 is 1.53 bits per heavy atom. The number of amides is 3. The molecule has 2 aromatic rings. The molecule has 0 aliphatic carbocycles. The monoisotopic (exact) mass is 788 g/mol. The van der Waals surface area contributed by atoms with E-state index in [1.54, 1.807) is 36.2 Å². The third-order valence-electron chi connectivity index (χ3n) is 10.2. The number of rotatable bonds is 17. The predicted octanol–water partition coefficient (Wildman–Crippen LogP) is 4.61. The average Bonchev–Trinajstić information content (AvgIpc) is 3.72. The highest BCUT2D eigenvalue weighted by Crippen LogP contribution is 2.40. The fourth-order valence-corrected chi connectivity index (χ4v) is 7.28. The highest BCUT2D eigenvalue weighted by Gasteiger charge is 2.46. The Bertz CT molecular complexity index is 1980. The van der Waals surface area contributed by atoms with E-state index in [9.17, 15) is 29.1 Å². The second-order valence-electron chi connectivity index (χ2n) is 14.5. The van der Waals surface area contributed by atoms with Crippen LogP contribution in [-0.4, -0.2) is 127 Å². The number of unbranched alkanes of at least 4 members (excludes halogenated alkanes) is 2. The SMILES string of the molecule is C=C1C[C@H]2C=Nc3cc(OCCCCCOc4cc5c(cc4C)C(=O)N4CC(=C)C[C@H]4[C@H](O)N5C(=O)OCC(=O)CCOCCC(=O)O)c(OC)cc3C(=O)N2C1. The van der Waals surface area contributed by atoms with Gasteiger partial charge in [0, 0.05) is 37.9 Å². The van der Waals surface area contributed by atoms with Crippen LogP contribution in [0.5, 0.6) is 17.2 Å². The van der Waals surface area contributed by atoms with E-state index in [1.165, 1.54) is 18.1 Å². The number of hydrogen-bond acceptors (Lipinski definition) is 12. The lowest BCUT2D eigenvalue weighted by atomic mass is 10.1. The molecule has 0 unspecified atom stereocenters. The summed E-state index contributed by atoms with van der Waals surface area (Å²) in [4.78, 5) is 72.5. The third-order valence-corrected chi connectivity index (χ3v) is 10.2. The summed E-state index contributed by atoms with van der Waals surface area (Å²) in [5.74, 6) is -0.673. The number of hydrogen-bond donors (Lipinski definition) is 2. The van der Waals surface area contributed by atoms with Gasteiger partial charge in [0.05, 0.1) is 74.5 Å². The van der Waals surface area contributed by atoms with Crippen LogP contribution >= 0.6 is 0 Å². The number of aryl methyl sites for hydroxylation is 1. The molecule has 2 saturated heterocycles. The standard InChI is InChI=1S/C41H48N4O12/c1-24-14-27-20-42-31-18-36(35(53-4)17-29(31)38(49)43(27)21-24)56-11-7-5-6-10-55-34-19-32-30(16-26(34)3)39(50)44-22-25(2)15-33(44)40(51)45(32)41(52)57-23-28(46)8-12-54-13-9-37(47)48/h16-20,27,33,40,51H,1-2,5-15,21-23H2,3-4H3,(H,47,48)/t27-,33-,40-/m0/s1. The Morgan fingerprint density at radius 3 is 2.26 bits per heavy atom. The van der Waals surface area contributed by atoms with Crippen LogP contribution in [0.25, 0.3) is 0 Å². The summed E-state index contributed by atoms with van der Waals surface area (Å²) >= 11 is 0. The van der Waals surface area contributed by atoms with Crippen molar-refractivity contribution in [3.63, 3.8) is 0 Å². The average molecular weight is 789 g/mol. The second kappa shape index (κ2) is 18.0. The molecule has 2 aromatic carbocycles. The summed E-state index contributed by atoms with van der Waals surface area (Å²) in [5.41, 5.74) is 3.58. The summed E-state index contributed by atoms with van der Waals surface area (Å²) in [6.07, 6.45) is 1.97. The van der Waals surface area contributed by atoms with Crippen molar-refractivity contribution < 1.29 is 57.9 Å². The number of aliphatic hydroxyl groups excluding tert-OH is 1. The number of anilines is 1. The van der Waals surface area contributed by atoms with E-state index < -0.39 is 36.7 Å². The van der Waals surface area contributed by atoms with Crippen molar-refractivity contribution in [3.8, 4) is 17.2 Å². The highest BCUT2D eigenvalue weighted by molar-refractivity contribution is 6.06. The highest BCUT2D eigenvalue weighted by atomic mass is 16.6. The van der Waals surface area contributed by atoms with E-state index in [0.29, 0.717) is 73.1 Å². The molecule has 3 atom stereocenters. The minimum absolute atomic E-state index is 0.0432. The first-order valence-corrected chi connectivity index (χ1v) is 18.9. The number of carboxylic acid groups (broad SMARTS) is 1. The first kappa shape index (κ1) is 40.9. The first-order chi connectivity index (χ1) is 27.4. The molecule has 57 heavy (non-hydrogen) atoms. The van der Waals surface area contributed by atoms with Gasteiger partial charge < -0.3 is 43.7 Å². The molecule has 4 aliphatic rings. The van der Waals surface area contributed by atoms with Crippen molar-refractivity contribution in [2.24, 2.45) is 4.99 Å². The van der Waals surface area contributed by atoms with E-state index >= 15 is 0 Å². The Morgan fingerprint density at radius 1 is 0.842 bits per heavy atom. The number of nitrogens with zero attached hydrogens (tertiary/aromatic N) is 4. The molecule has 0 spiro atoms. The topological polar surface area (TPSA) is 194 Å². The molecule has 3 amide bonds. The van der Waals surface area contributed by atoms with Gasteiger partial charge in [-0.25, -0.2) is 9.69 Å². The number of aliphatic hydroxyl groups is 1. The molecule has 0 radical (unpaired) electrons. The number of ether oxygens (including phenoxy) is 5. The van der Waals surface area contributed by atoms with Gasteiger partial charge in [-0.2, -0.15) is 0 Å². The maximum Gasteiger partial charge on any atom is 0.416 e. The molecule has 16 nitrogen and oxygen atoms in total. The summed E-state index contributed by atoms with van der Waals surface area (Å²) in [5, 5.41) is 20.3. The van der Waals surface area contributed by atoms with Crippen molar-refractivity contribution >= 4 is 47.2 Å². The quantitative estimate of drug-likeness (QED) is 0.167. The zero-order chi connectivity index (χ0) is 40.8. The zero-order valence-electron chi connectivity index (χ0n) is 32.2. The van der Waals surface area contributed by atoms with Gasteiger partial charge >= 0.3 is 12.1 Å². The molecular formula is C41H48N4O12.